The Morgan fingerprint density at radius 1 is 1.13 bits per heavy atom. The summed E-state index contributed by atoms with van der Waals surface area (Å²) in [6, 6.07) is 5.90. The summed E-state index contributed by atoms with van der Waals surface area (Å²) >= 11 is 12.1. The van der Waals surface area contributed by atoms with Gasteiger partial charge in [-0.2, -0.15) is 0 Å². The molecular weight excluding hydrogens is 351 g/mol. The number of rotatable bonds is 3. The molecule has 0 bridgehead atoms. The Bertz CT molecular complexity index is 629. The van der Waals surface area contributed by atoms with Crippen molar-refractivity contribution in [1.82, 2.24) is 4.90 Å². The molecule has 126 valence electrons. The first kappa shape index (κ1) is 18.6. The third-order valence-electron chi connectivity index (χ3n) is 4.69. The van der Waals surface area contributed by atoms with E-state index in [1.54, 1.807) is 0 Å². The zero-order chi connectivity index (χ0) is 15.7. The lowest BCUT2D eigenvalue weighted by Gasteiger charge is -2.31. The van der Waals surface area contributed by atoms with Gasteiger partial charge in [0.25, 0.3) is 0 Å². The molecule has 0 radical (unpaired) electrons. The first-order valence-electron chi connectivity index (χ1n) is 7.95. The maximum absolute atomic E-state index is 6.13. The van der Waals surface area contributed by atoms with Gasteiger partial charge < -0.3 is 17.3 Å². The van der Waals surface area contributed by atoms with Crippen LogP contribution < -0.4 is 12.4 Å². The molecular formula is C18H23Cl3N2. The SMILES string of the molecule is CC1(C)CC(N2CCCC2)=CC=[N+]1Cc1ccc(Cl)c(Cl)c1.[Cl-]. The van der Waals surface area contributed by atoms with E-state index in [2.05, 4.69) is 41.7 Å². The molecule has 1 aromatic carbocycles. The summed E-state index contributed by atoms with van der Waals surface area (Å²) in [4.78, 5) is 2.54. The Balaban J connectivity index is 0.00000192. The highest BCUT2D eigenvalue weighted by atomic mass is 35.5. The van der Waals surface area contributed by atoms with E-state index in [-0.39, 0.29) is 17.9 Å². The largest absolute Gasteiger partial charge is 1.00 e. The number of allylic oxidation sites excluding steroid dienone is 1. The van der Waals surface area contributed by atoms with Crippen LogP contribution >= 0.6 is 23.2 Å². The van der Waals surface area contributed by atoms with E-state index < -0.39 is 0 Å². The Morgan fingerprint density at radius 2 is 1.83 bits per heavy atom. The molecule has 2 heterocycles. The van der Waals surface area contributed by atoms with Crippen molar-refractivity contribution in [2.45, 2.75) is 45.2 Å². The monoisotopic (exact) mass is 372 g/mol. The molecule has 0 saturated carbocycles. The molecule has 0 unspecified atom stereocenters. The molecule has 1 saturated heterocycles. The standard InChI is InChI=1S/C18H23Cl2N2.ClH/c1-18(2)12-15(21-8-3-4-9-21)7-10-22(18)13-14-5-6-16(19)17(20)11-14;/h5-7,10-11H,3-4,8-9,12-13H2,1-2H3;1H/q+1;/p-1. The molecule has 0 N–H and O–H groups in total. The number of hydrogen-bond donors (Lipinski definition) is 0. The van der Waals surface area contributed by atoms with Crippen molar-refractivity contribution >= 4 is 29.4 Å². The van der Waals surface area contributed by atoms with Gasteiger partial charge in [0.15, 0.2) is 18.3 Å². The minimum Gasteiger partial charge on any atom is -1.00 e. The fraction of sp³-hybridized carbons (Fsp3) is 0.500. The number of hydrogen-bond acceptors (Lipinski definition) is 1. The molecule has 2 nitrogen and oxygen atoms in total. The minimum absolute atomic E-state index is 0. The van der Waals surface area contributed by atoms with Gasteiger partial charge in [0, 0.05) is 44.3 Å². The lowest BCUT2D eigenvalue weighted by atomic mass is 9.93. The highest BCUT2D eigenvalue weighted by Gasteiger charge is 2.35. The number of halogens is 3. The topological polar surface area (TPSA) is 6.25 Å². The van der Waals surface area contributed by atoms with E-state index in [1.165, 1.54) is 37.2 Å². The molecule has 0 amide bonds. The van der Waals surface area contributed by atoms with Crippen molar-refractivity contribution in [2.24, 2.45) is 0 Å². The fourth-order valence-corrected chi connectivity index (χ4v) is 3.63. The summed E-state index contributed by atoms with van der Waals surface area (Å²) in [7, 11) is 0. The predicted octanol–water partition coefficient (Wildman–Crippen LogP) is 1.74. The van der Waals surface area contributed by atoms with Crippen molar-refractivity contribution in [1.29, 1.82) is 0 Å². The summed E-state index contributed by atoms with van der Waals surface area (Å²) in [5.41, 5.74) is 2.78. The lowest BCUT2D eigenvalue weighted by molar-refractivity contribution is -0.612. The molecule has 2 aliphatic heterocycles. The van der Waals surface area contributed by atoms with Crippen LogP contribution in [0.2, 0.25) is 10.0 Å². The highest BCUT2D eigenvalue weighted by Crippen LogP contribution is 2.29. The first-order valence-corrected chi connectivity index (χ1v) is 8.71. The zero-order valence-corrected chi connectivity index (χ0v) is 15.9. The van der Waals surface area contributed by atoms with Gasteiger partial charge in [0.05, 0.1) is 16.5 Å². The van der Waals surface area contributed by atoms with E-state index in [9.17, 15) is 0 Å². The molecule has 0 atom stereocenters. The van der Waals surface area contributed by atoms with Gasteiger partial charge in [0.1, 0.15) is 0 Å². The van der Waals surface area contributed by atoms with Gasteiger partial charge in [-0.25, -0.2) is 4.58 Å². The highest BCUT2D eigenvalue weighted by molar-refractivity contribution is 6.42. The Labute approximate surface area is 155 Å². The van der Waals surface area contributed by atoms with Crippen LogP contribution in [0.25, 0.3) is 0 Å². The molecule has 5 heteroatoms. The van der Waals surface area contributed by atoms with Crippen LogP contribution in [0.4, 0.5) is 0 Å². The summed E-state index contributed by atoms with van der Waals surface area (Å²) in [6.45, 7) is 7.90. The molecule has 1 fully saturated rings. The van der Waals surface area contributed by atoms with Crippen molar-refractivity contribution in [2.75, 3.05) is 13.1 Å². The maximum Gasteiger partial charge on any atom is 0.168 e. The quantitative estimate of drug-likeness (QED) is 0.732. The van der Waals surface area contributed by atoms with Crippen molar-refractivity contribution < 1.29 is 17.0 Å². The second-order valence-electron chi connectivity index (χ2n) is 6.87. The molecule has 0 aliphatic carbocycles. The maximum atomic E-state index is 6.13. The molecule has 3 rings (SSSR count). The van der Waals surface area contributed by atoms with E-state index >= 15 is 0 Å². The van der Waals surface area contributed by atoms with Crippen LogP contribution in [0, 0.1) is 0 Å². The van der Waals surface area contributed by atoms with Crippen LogP contribution in [0.1, 0.15) is 38.7 Å². The van der Waals surface area contributed by atoms with E-state index in [1.807, 2.05) is 12.1 Å². The van der Waals surface area contributed by atoms with Gasteiger partial charge in [-0.3, -0.25) is 0 Å². The minimum atomic E-state index is 0. The number of likely N-dealkylation sites (tertiary alicyclic amines) is 1. The van der Waals surface area contributed by atoms with Crippen LogP contribution in [-0.2, 0) is 6.54 Å². The average Bonchev–Trinajstić information content (AvgIpc) is 2.99. The normalized spacial score (nSPS) is 19.9. The van der Waals surface area contributed by atoms with Crippen molar-refractivity contribution in [3.05, 3.63) is 45.6 Å². The zero-order valence-electron chi connectivity index (χ0n) is 13.7. The van der Waals surface area contributed by atoms with E-state index in [0.29, 0.717) is 10.0 Å². The molecule has 0 spiro atoms. The Hall–Kier alpha value is -0.700. The van der Waals surface area contributed by atoms with Crippen LogP contribution in [-0.4, -0.2) is 34.3 Å². The van der Waals surface area contributed by atoms with Gasteiger partial charge in [0.2, 0.25) is 0 Å². The molecule has 2 aliphatic rings. The summed E-state index contributed by atoms with van der Waals surface area (Å²) in [6.07, 6.45) is 8.26. The van der Waals surface area contributed by atoms with Crippen LogP contribution in [0.3, 0.4) is 0 Å². The van der Waals surface area contributed by atoms with Gasteiger partial charge in [-0.15, -0.1) is 0 Å². The first-order chi connectivity index (χ1) is 10.5. The third kappa shape index (κ3) is 4.23. The van der Waals surface area contributed by atoms with Crippen molar-refractivity contribution in [3.63, 3.8) is 0 Å². The van der Waals surface area contributed by atoms with Crippen LogP contribution in [0.5, 0.6) is 0 Å². The summed E-state index contributed by atoms with van der Waals surface area (Å²) in [5.74, 6) is 0. The number of nitrogens with zero attached hydrogens (tertiary/aromatic N) is 2. The summed E-state index contributed by atoms with van der Waals surface area (Å²) in [5, 5.41) is 1.24. The number of benzene rings is 1. The Kier molecular flexibility index (Phi) is 6.05. The van der Waals surface area contributed by atoms with Crippen LogP contribution in [0.15, 0.2) is 30.0 Å². The predicted molar refractivity (Wildman–Crippen MR) is 94.1 cm³/mol. The summed E-state index contributed by atoms with van der Waals surface area (Å²) < 4.78 is 2.39. The van der Waals surface area contributed by atoms with Crippen molar-refractivity contribution in [3.8, 4) is 0 Å². The van der Waals surface area contributed by atoms with E-state index in [4.69, 9.17) is 23.2 Å². The molecule has 1 aromatic rings. The lowest BCUT2D eigenvalue weighted by Crippen LogP contribution is -3.00. The third-order valence-corrected chi connectivity index (χ3v) is 5.43. The van der Waals surface area contributed by atoms with Gasteiger partial charge in [-0.1, -0.05) is 29.3 Å². The molecule has 23 heavy (non-hydrogen) atoms. The Morgan fingerprint density at radius 3 is 2.43 bits per heavy atom. The second kappa shape index (κ2) is 7.46. The fourth-order valence-electron chi connectivity index (χ4n) is 3.30. The van der Waals surface area contributed by atoms with E-state index in [0.717, 1.165) is 13.0 Å². The van der Waals surface area contributed by atoms with Gasteiger partial charge >= 0.3 is 0 Å². The average molecular weight is 374 g/mol. The smallest absolute Gasteiger partial charge is 0.168 e. The second-order valence-corrected chi connectivity index (χ2v) is 7.68. The molecule has 0 aromatic heterocycles. The van der Waals surface area contributed by atoms with Gasteiger partial charge in [-0.05, 0) is 25.0 Å².